The number of methoxy groups -OCH3 is 2. The van der Waals surface area contributed by atoms with E-state index in [9.17, 15) is 19.2 Å². The topological polar surface area (TPSA) is 175 Å². The van der Waals surface area contributed by atoms with Gasteiger partial charge < -0.3 is 39.9 Å². The van der Waals surface area contributed by atoms with Crippen LogP contribution in [0.1, 0.15) is 83.5 Å². The molecule has 2 bridgehead atoms. The quantitative estimate of drug-likeness (QED) is 0.105. The van der Waals surface area contributed by atoms with E-state index in [4.69, 9.17) is 19.4 Å². The number of amides is 4. The molecule has 2 saturated heterocycles. The summed E-state index contributed by atoms with van der Waals surface area (Å²) in [5.74, 6) is 1.39. The van der Waals surface area contributed by atoms with Crippen molar-refractivity contribution in [2.45, 2.75) is 90.0 Å². The molecular formula is C46H54N8O6. The smallest absolute Gasteiger partial charge is 0.407 e. The molecule has 2 aliphatic heterocycles. The van der Waals surface area contributed by atoms with Gasteiger partial charge in [-0.15, -0.1) is 0 Å². The normalized spacial score (nSPS) is 20.8. The molecular weight excluding hydrogens is 761 g/mol. The lowest BCUT2D eigenvalue weighted by molar-refractivity contribution is -0.139. The summed E-state index contributed by atoms with van der Waals surface area (Å²) in [5, 5.41) is 5.47. The van der Waals surface area contributed by atoms with E-state index in [-0.39, 0.29) is 41.8 Å². The highest BCUT2D eigenvalue weighted by Gasteiger charge is 2.51. The Balaban J connectivity index is 0.949. The molecule has 3 aromatic carbocycles. The molecule has 0 unspecified atom stereocenters. The zero-order chi connectivity index (χ0) is 42.2. The standard InChI is InChI=1S/C46H54N8O6/c1-25(2)38(51-45(57)59-5)43(55)53-21-7-8-37(53)41-47-24-36(50-41)30-15-13-28(14-16-30)27-9-11-29(12-10-27)31-18-20-34-35(23-31)49-42(48-34)40-32-17-19-33(22-32)54(40)44(56)39(26(3)4)52-46(58)60-6/h9-16,18,20,23-26,32-33,37-40H,7-8,17,19,21-22H2,1-6H3,(H,47,50)(H,48,49)(H,51,57)(H,52,58)/t32-,33-,37+,38+,39+,40+/m1/s1. The van der Waals surface area contributed by atoms with Crippen LogP contribution in [0, 0.1) is 17.8 Å². The van der Waals surface area contributed by atoms with E-state index in [0.29, 0.717) is 12.5 Å². The predicted molar refractivity (Wildman–Crippen MR) is 227 cm³/mol. The first kappa shape index (κ1) is 40.6. The van der Waals surface area contributed by atoms with Gasteiger partial charge in [-0.05, 0) is 89.8 Å². The van der Waals surface area contributed by atoms with Crippen LogP contribution < -0.4 is 10.6 Å². The van der Waals surface area contributed by atoms with Crippen LogP contribution in [0.5, 0.6) is 0 Å². The number of nitrogens with zero attached hydrogens (tertiary/aromatic N) is 4. The third-order valence-electron chi connectivity index (χ3n) is 12.6. The zero-order valence-electron chi connectivity index (χ0n) is 35.0. The molecule has 3 aliphatic rings. The number of benzene rings is 3. The summed E-state index contributed by atoms with van der Waals surface area (Å²) in [7, 11) is 2.60. The Morgan fingerprint density at radius 1 is 0.717 bits per heavy atom. The number of carbonyl (C=O) groups is 4. The van der Waals surface area contributed by atoms with Crippen LogP contribution >= 0.6 is 0 Å². The van der Waals surface area contributed by atoms with Crippen LogP contribution in [-0.4, -0.2) is 92.6 Å². The molecule has 1 saturated carbocycles. The maximum Gasteiger partial charge on any atom is 0.407 e. The van der Waals surface area contributed by atoms with E-state index in [1.807, 2.05) is 49.8 Å². The first-order valence-corrected chi connectivity index (χ1v) is 21.0. The fourth-order valence-corrected chi connectivity index (χ4v) is 9.41. The fraction of sp³-hybridized carbons (Fsp3) is 0.435. The molecule has 0 radical (unpaired) electrons. The maximum absolute atomic E-state index is 14.0. The van der Waals surface area contributed by atoms with Crippen molar-refractivity contribution >= 4 is 35.0 Å². The monoisotopic (exact) mass is 814 g/mol. The Labute approximate surface area is 349 Å². The molecule has 14 nitrogen and oxygen atoms in total. The lowest BCUT2D eigenvalue weighted by Gasteiger charge is -2.37. The number of aromatic nitrogens is 4. The minimum Gasteiger partial charge on any atom is -0.453 e. The van der Waals surface area contributed by atoms with Crippen molar-refractivity contribution in [2.75, 3.05) is 20.8 Å². The highest BCUT2D eigenvalue weighted by Crippen LogP contribution is 2.50. The average Bonchev–Trinajstić information content (AvgIpc) is 4.12. The van der Waals surface area contributed by atoms with Crippen molar-refractivity contribution < 1.29 is 28.7 Å². The Bertz CT molecular complexity index is 2370. The molecule has 6 atom stereocenters. The van der Waals surface area contributed by atoms with E-state index in [1.165, 1.54) is 14.2 Å². The van der Waals surface area contributed by atoms with Gasteiger partial charge in [-0.3, -0.25) is 9.59 Å². The highest BCUT2D eigenvalue weighted by atomic mass is 16.5. The SMILES string of the molecule is COC(=O)N[C@H](C(=O)N1CCC[C@H]1c1ncc(-c2ccc(-c3ccc(-c4ccc5nc([C@@H]6[C@@H]7CC[C@H](C7)N6C(=O)[C@@H](NC(=O)OC)C(C)C)[nH]c5c4)cc3)cc2)[nH]1)C(C)C. The summed E-state index contributed by atoms with van der Waals surface area (Å²) in [6.45, 7) is 8.27. The predicted octanol–water partition coefficient (Wildman–Crippen LogP) is 7.76. The number of aromatic amines is 2. The van der Waals surface area contributed by atoms with Gasteiger partial charge in [-0.2, -0.15) is 0 Å². The number of H-pyrrole nitrogens is 2. The lowest BCUT2D eigenvalue weighted by atomic mass is 9.95. The molecule has 4 heterocycles. The van der Waals surface area contributed by atoms with Gasteiger partial charge >= 0.3 is 12.2 Å². The number of piperidine rings is 1. The van der Waals surface area contributed by atoms with Crippen LogP contribution in [0.25, 0.3) is 44.5 Å². The largest absolute Gasteiger partial charge is 0.453 e. The van der Waals surface area contributed by atoms with Crippen LogP contribution in [-0.2, 0) is 19.1 Å². The summed E-state index contributed by atoms with van der Waals surface area (Å²) in [6, 6.07) is 21.4. The molecule has 314 valence electrons. The van der Waals surface area contributed by atoms with Gasteiger partial charge in [-0.1, -0.05) is 82.3 Å². The van der Waals surface area contributed by atoms with Crippen LogP contribution in [0.4, 0.5) is 9.59 Å². The molecule has 2 aromatic heterocycles. The first-order valence-electron chi connectivity index (χ1n) is 21.0. The molecule has 14 heteroatoms. The number of carbonyl (C=O) groups excluding carboxylic acids is 4. The molecule has 4 amide bonds. The molecule has 1 aliphatic carbocycles. The zero-order valence-corrected chi connectivity index (χ0v) is 35.0. The highest BCUT2D eigenvalue weighted by molar-refractivity contribution is 5.88. The van der Waals surface area contributed by atoms with Crippen molar-refractivity contribution in [3.8, 4) is 33.5 Å². The fourth-order valence-electron chi connectivity index (χ4n) is 9.41. The second kappa shape index (κ2) is 16.8. The first-order chi connectivity index (χ1) is 28.9. The van der Waals surface area contributed by atoms with Crippen molar-refractivity contribution in [1.29, 1.82) is 0 Å². The Morgan fingerprint density at radius 3 is 1.92 bits per heavy atom. The molecule has 4 N–H and O–H groups in total. The number of rotatable bonds is 11. The second-order valence-corrected chi connectivity index (χ2v) is 17.0. The third-order valence-corrected chi connectivity index (χ3v) is 12.6. The van der Waals surface area contributed by atoms with Crippen LogP contribution in [0.3, 0.4) is 0 Å². The van der Waals surface area contributed by atoms with Gasteiger partial charge in [0.15, 0.2) is 0 Å². The molecule has 8 rings (SSSR count). The molecule has 5 aromatic rings. The third kappa shape index (κ3) is 7.82. The van der Waals surface area contributed by atoms with Gasteiger partial charge in [0.25, 0.3) is 0 Å². The lowest BCUT2D eigenvalue weighted by Crippen LogP contribution is -2.54. The Hall–Kier alpha value is -6.18. The van der Waals surface area contributed by atoms with E-state index >= 15 is 0 Å². The Kier molecular flexibility index (Phi) is 11.4. The van der Waals surface area contributed by atoms with E-state index < -0.39 is 24.3 Å². The molecule has 3 fully saturated rings. The minimum atomic E-state index is -0.686. The van der Waals surface area contributed by atoms with Gasteiger partial charge in [0.2, 0.25) is 11.8 Å². The average molecular weight is 815 g/mol. The number of hydrogen-bond acceptors (Lipinski definition) is 8. The maximum atomic E-state index is 14.0. The van der Waals surface area contributed by atoms with E-state index in [1.54, 1.807) is 0 Å². The van der Waals surface area contributed by atoms with Gasteiger partial charge in [0.05, 0.1) is 49.2 Å². The summed E-state index contributed by atoms with van der Waals surface area (Å²) in [5.41, 5.74) is 7.91. The van der Waals surface area contributed by atoms with Gasteiger partial charge in [0, 0.05) is 12.6 Å². The van der Waals surface area contributed by atoms with Crippen molar-refractivity contribution in [3.05, 3.63) is 84.6 Å². The van der Waals surface area contributed by atoms with Gasteiger partial charge in [-0.25, -0.2) is 19.6 Å². The summed E-state index contributed by atoms with van der Waals surface area (Å²) >= 11 is 0. The van der Waals surface area contributed by atoms with Crippen molar-refractivity contribution in [2.24, 2.45) is 17.8 Å². The summed E-state index contributed by atoms with van der Waals surface area (Å²) in [4.78, 5) is 72.2. The number of alkyl carbamates (subject to hydrolysis) is 2. The van der Waals surface area contributed by atoms with Crippen molar-refractivity contribution in [1.82, 2.24) is 40.4 Å². The molecule has 0 spiro atoms. The number of imidazole rings is 2. The van der Waals surface area contributed by atoms with Crippen LogP contribution in [0.15, 0.2) is 72.9 Å². The second-order valence-electron chi connectivity index (χ2n) is 17.0. The molecule has 60 heavy (non-hydrogen) atoms. The summed E-state index contributed by atoms with van der Waals surface area (Å²) < 4.78 is 9.60. The number of fused-ring (bicyclic) bond motifs is 3. The number of hydrogen-bond donors (Lipinski definition) is 4. The van der Waals surface area contributed by atoms with Gasteiger partial charge in [0.1, 0.15) is 23.7 Å². The van der Waals surface area contributed by atoms with E-state index in [2.05, 4.69) is 81.3 Å². The minimum absolute atomic E-state index is 0.0900. The van der Waals surface area contributed by atoms with Crippen LogP contribution in [0.2, 0.25) is 0 Å². The Morgan fingerprint density at radius 2 is 1.30 bits per heavy atom. The van der Waals surface area contributed by atoms with E-state index in [0.717, 1.165) is 88.3 Å². The number of likely N-dealkylation sites (tertiary alicyclic amines) is 2. The van der Waals surface area contributed by atoms with Crippen molar-refractivity contribution in [3.63, 3.8) is 0 Å². The number of nitrogens with one attached hydrogen (secondary N) is 4. The summed E-state index contributed by atoms with van der Waals surface area (Å²) in [6.07, 6.45) is 5.15. The number of ether oxygens (including phenoxy) is 2.